The first-order chi connectivity index (χ1) is 12.4. The van der Waals surface area contributed by atoms with Crippen molar-refractivity contribution in [3.63, 3.8) is 0 Å². The fourth-order valence-corrected chi connectivity index (χ4v) is 4.27. The molecule has 0 bridgehead atoms. The fraction of sp³-hybridized carbons (Fsp3) is 0.579. The second-order valence-electron chi connectivity index (χ2n) is 7.66. The van der Waals surface area contributed by atoms with Crippen LogP contribution in [0.2, 0.25) is 0 Å². The molecule has 2 heterocycles. The van der Waals surface area contributed by atoms with E-state index in [4.69, 9.17) is 0 Å². The van der Waals surface area contributed by atoms with Gasteiger partial charge in [-0.2, -0.15) is 0 Å². The Morgan fingerprint density at radius 1 is 1.31 bits per heavy atom. The summed E-state index contributed by atoms with van der Waals surface area (Å²) in [5.74, 6) is 0.0542. The third-order valence-electron chi connectivity index (χ3n) is 6.00. The minimum atomic E-state index is -0.515. The molecule has 2 aromatic rings. The number of nitrogens with one attached hydrogen (secondary N) is 2. The summed E-state index contributed by atoms with van der Waals surface area (Å²) in [5.41, 5.74) is 0.894. The highest BCUT2D eigenvalue weighted by molar-refractivity contribution is 5.87. The van der Waals surface area contributed by atoms with Gasteiger partial charge in [0.25, 0.3) is 5.56 Å². The number of benzene rings is 1. The largest absolute Gasteiger partial charge is 0.369 e. The van der Waals surface area contributed by atoms with Crippen molar-refractivity contribution in [2.45, 2.75) is 45.2 Å². The van der Waals surface area contributed by atoms with Gasteiger partial charge in [-0.05, 0) is 52.1 Å². The molecule has 2 aliphatic rings. The van der Waals surface area contributed by atoms with Gasteiger partial charge in [-0.1, -0.05) is 0 Å². The predicted octanol–water partition coefficient (Wildman–Crippen LogP) is 1.91. The lowest BCUT2D eigenvalue weighted by atomic mass is 10.0. The highest BCUT2D eigenvalue weighted by Gasteiger charge is 2.32. The monoisotopic (exact) mass is 360 g/mol. The zero-order valence-corrected chi connectivity index (χ0v) is 15.4. The quantitative estimate of drug-likeness (QED) is 0.874. The highest BCUT2D eigenvalue weighted by Crippen LogP contribution is 2.39. The smallest absolute Gasteiger partial charge is 0.329 e. The van der Waals surface area contributed by atoms with E-state index in [1.807, 2.05) is 14.0 Å². The van der Waals surface area contributed by atoms with E-state index >= 15 is 0 Å². The molecule has 1 saturated carbocycles. The van der Waals surface area contributed by atoms with Crippen molar-refractivity contribution in [3.8, 4) is 0 Å². The van der Waals surface area contributed by atoms with E-state index in [2.05, 4.69) is 22.1 Å². The molecule has 6 nitrogen and oxygen atoms in total. The fourth-order valence-electron chi connectivity index (χ4n) is 4.27. The molecule has 2 atom stereocenters. The van der Waals surface area contributed by atoms with Crippen LogP contribution < -0.4 is 21.5 Å². The van der Waals surface area contributed by atoms with E-state index in [0.29, 0.717) is 28.7 Å². The average Bonchev–Trinajstić information content (AvgIpc) is 3.32. The Labute approximate surface area is 151 Å². The maximum absolute atomic E-state index is 15.0. The maximum Gasteiger partial charge on any atom is 0.329 e. The normalized spacial score (nSPS) is 21.5. The number of aryl methyl sites for hydroxylation is 1. The standard InChI is InChI=1S/C19H25FN4O2/c1-10-16-14(18(25)22-19(26)24(16)13-4-5-13)8-15(20)17(10)23-7-6-12(9-23)11(2)21-3/h8,11-13,21H,4-7,9H2,1-3H3,(H,22,25,26)/t11-,12+/m0/s1. The van der Waals surface area contributed by atoms with Gasteiger partial charge in [0.05, 0.1) is 16.6 Å². The van der Waals surface area contributed by atoms with Crippen molar-refractivity contribution in [1.29, 1.82) is 0 Å². The molecular weight excluding hydrogens is 335 g/mol. The van der Waals surface area contributed by atoms with Crippen LogP contribution in [0.15, 0.2) is 15.7 Å². The van der Waals surface area contributed by atoms with E-state index in [0.717, 1.165) is 32.4 Å². The number of nitrogens with zero attached hydrogens (tertiary/aromatic N) is 2. The molecule has 2 fully saturated rings. The van der Waals surface area contributed by atoms with E-state index in [1.165, 1.54) is 6.07 Å². The molecule has 4 rings (SSSR count). The van der Waals surface area contributed by atoms with Gasteiger partial charge in [-0.3, -0.25) is 14.3 Å². The van der Waals surface area contributed by atoms with Crippen LogP contribution in [-0.2, 0) is 0 Å². The Bertz CT molecular complexity index is 976. The molecule has 1 aliphatic carbocycles. The molecule has 26 heavy (non-hydrogen) atoms. The van der Waals surface area contributed by atoms with Crippen LogP contribution in [0.1, 0.15) is 37.8 Å². The van der Waals surface area contributed by atoms with Gasteiger partial charge in [0.2, 0.25) is 0 Å². The summed E-state index contributed by atoms with van der Waals surface area (Å²) >= 11 is 0. The first-order valence-electron chi connectivity index (χ1n) is 9.32. The van der Waals surface area contributed by atoms with Crippen LogP contribution in [0, 0.1) is 18.7 Å². The summed E-state index contributed by atoms with van der Waals surface area (Å²) in [6, 6.07) is 1.76. The molecule has 2 N–H and O–H groups in total. The minimum absolute atomic E-state index is 0.106. The summed E-state index contributed by atoms with van der Waals surface area (Å²) in [4.78, 5) is 29.0. The van der Waals surface area contributed by atoms with Crippen LogP contribution in [0.5, 0.6) is 0 Å². The maximum atomic E-state index is 15.0. The highest BCUT2D eigenvalue weighted by atomic mass is 19.1. The summed E-state index contributed by atoms with van der Waals surface area (Å²) in [7, 11) is 1.94. The van der Waals surface area contributed by atoms with Crippen molar-refractivity contribution in [1.82, 2.24) is 14.9 Å². The lowest BCUT2D eigenvalue weighted by Crippen LogP contribution is -2.33. The Kier molecular flexibility index (Phi) is 4.14. The second-order valence-corrected chi connectivity index (χ2v) is 7.66. The molecule has 1 aromatic carbocycles. The predicted molar refractivity (Wildman–Crippen MR) is 101 cm³/mol. The number of rotatable bonds is 4. The van der Waals surface area contributed by atoms with E-state index in [9.17, 15) is 14.0 Å². The number of aromatic amines is 1. The molecule has 1 saturated heterocycles. The van der Waals surface area contributed by atoms with Crippen LogP contribution in [0.25, 0.3) is 10.9 Å². The third-order valence-corrected chi connectivity index (χ3v) is 6.00. The number of hydrogen-bond donors (Lipinski definition) is 2. The summed E-state index contributed by atoms with van der Waals surface area (Å²) in [5, 5.41) is 3.53. The third kappa shape index (κ3) is 2.65. The Hall–Kier alpha value is -2.15. The van der Waals surface area contributed by atoms with Crippen molar-refractivity contribution >= 4 is 16.6 Å². The molecule has 1 aromatic heterocycles. The number of H-pyrrole nitrogens is 1. The Morgan fingerprint density at radius 3 is 2.69 bits per heavy atom. The lowest BCUT2D eigenvalue weighted by molar-refractivity contribution is 0.428. The number of hydrogen-bond acceptors (Lipinski definition) is 4. The number of anilines is 1. The van der Waals surface area contributed by atoms with E-state index < -0.39 is 11.2 Å². The van der Waals surface area contributed by atoms with Gasteiger partial charge in [0, 0.05) is 30.7 Å². The zero-order chi connectivity index (χ0) is 18.6. The first-order valence-corrected chi connectivity index (χ1v) is 9.32. The van der Waals surface area contributed by atoms with Crippen molar-refractivity contribution < 1.29 is 4.39 Å². The molecule has 140 valence electrons. The molecule has 0 spiro atoms. The zero-order valence-electron chi connectivity index (χ0n) is 15.4. The average molecular weight is 360 g/mol. The van der Waals surface area contributed by atoms with E-state index in [-0.39, 0.29) is 17.2 Å². The first kappa shape index (κ1) is 17.3. The molecule has 0 radical (unpaired) electrons. The number of fused-ring (bicyclic) bond motifs is 1. The lowest BCUT2D eigenvalue weighted by Gasteiger charge is -2.25. The van der Waals surface area contributed by atoms with Crippen molar-refractivity contribution in [3.05, 3.63) is 38.3 Å². The topological polar surface area (TPSA) is 70.1 Å². The molecular formula is C19H25FN4O2. The molecule has 0 unspecified atom stereocenters. The molecule has 7 heteroatoms. The minimum Gasteiger partial charge on any atom is -0.369 e. The van der Waals surface area contributed by atoms with Gasteiger partial charge in [-0.25, -0.2) is 9.18 Å². The van der Waals surface area contributed by atoms with Gasteiger partial charge in [0.1, 0.15) is 5.82 Å². The Balaban J connectivity index is 1.88. The second kappa shape index (κ2) is 6.23. The van der Waals surface area contributed by atoms with Crippen molar-refractivity contribution in [2.24, 2.45) is 5.92 Å². The van der Waals surface area contributed by atoms with Gasteiger partial charge in [0.15, 0.2) is 0 Å². The summed E-state index contributed by atoms with van der Waals surface area (Å²) in [6.07, 6.45) is 2.82. The van der Waals surface area contributed by atoms with Crippen LogP contribution in [0.4, 0.5) is 10.1 Å². The van der Waals surface area contributed by atoms with Crippen LogP contribution in [0.3, 0.4) is 0 Å². The van der Waals surface area contributed by atoms with Gasteiger partial charge >= 0.3 is 5.69 Å². The van der Waals surface area contributed by atoms with Crippen molar-refractivity contribution in [2.75, 3.05) is 25.0 Å². The summed E-state index contributed by atoms with van der Waals surface area (Å²) < 4.78 is 16.6. The van der Waals surface area contributed by atoms with Gasteiger partial charge in [-0.15, -0.1) is 0 Å². The number of aromatic nitrogens is 2. The molecule has 1 aliphatic heterocycles. The summed E-state index contributed by atoms with van der Waals surface area (Å²) in [6.45, 7) is 5.51. The number of halogens is 1. The van der Waals surface area contributed by atoms with Gasteiger partial charge < -0.3 is 10.2 Å². The van der Waals surface area contributed by atoms with Crippen LogP contribution in [-0.4, -0.2) is 35.7 Å². The SMILES string of the molecule is CN[C@@H](C)[C@@H]1CCN(c2c(F)cc3c(=O)[nH]c(=O)n(C4CC4)c3c2C)C1. The molecule has 0 amide bonds. The Morgan fingerprint density at radius 2 is 2.04 bits per heavy atom. The van der Waals surface area contributed by atoms with E-state index in [1.54, 1.807) is 4.57 Å². The van der Waals surface area contributed by atoms with Crippen LogP contribution >= 0.6 is 0 Å².